The van der Waals surface area contributed by atoms with Crippen LogP contribution in [0.25, 0.3) is 0 Å². The number of rotatable bonds is 3. The number of hydrazine groups is 1. The minimum atomic E-state index is -1.89. The Morgan fingerprint density at radius 2 is 1.53 bits per heavy atom. The number of hydrogen-bond donors (Lipinski definition) is 1. The summed E-state index contributed by atoms with van der Waals surface area (Å²) >= 11 is 33.4. The number of halogens is 6. The molecule has 1 N–H and O–H groups in total. The number of amides is 3. The molecule has 0 aliphatic carbocycles. The first-order chi connectivity index (χ1) is 13.5. The van der Waals surface area contributed by atoms with E-state index in [4.69, 9.17) is 83.8 Å². The van der Waals surface area contributed by atoms with Crippen molar-refractivity contribution in [3.05, 3.63) is 0 Å². The van der Waals surface area contributed by atoms with Crippen LogP contribution < -0.4 is 5.43 Å². The van der Waals surface area contributed by atoms with E-state index in [1.165, 1.54) is 4.90 Å². The Morgan fingerprint density at radius 1 is 1.00 bits per heavy atom. The first-order valence-electron chi connectivity index (χ1n) is 8.51. The molecule has 1 fully saturated rings. The molecule has 174 valence electrons. The van der Waals surface area contributed by atoms with Crippen molar-refractivity contribution in [2.45, 2.75) is 53.0 Å². The van der Waals surface area contributed by atoms with Crippen molar-refractivity contribution in [3.8, 4) is 0 Å². The smallest absolute Gasteiger partial charge is 0.430 e. The summed E-state index contributed by atoms with van der Waals surface area (Å²) in [5.41, 5.74) is 1.38. The summed E-state index contributed by atoms with van der Waals surface area (Å²) in [6, 6.07) is 0. The molecule has 0 aromatic carbocycles. The third kappa shape index (κ3) is 10.7. The largest absolute Gasteiger partial charge is 0.444 e. The van der Waals surface area contributed by atoms with Crippen molar-refractivity contribution in [2.24, 2.45) is 0 Å². The summed E-state index contributed by atoms with van der Waals surface area (Å²) < 4.78 is 11.3. The van der Waals surface area contributed by atoms with Gasteiger partial charge in [0.15, 0.2) is 0 Å². The Balaban J connectivity index is 2.98. The van der Waals surface area contributed by atoms with Gasteiger partial charge in [-0.2, -0.15) is 5.01 Å². The van der Waals surface area contributed by atoms with Crippen LogP contribution in [0.15, 0.2) is 0 Å². The van der Waals surface area contributed by atoms with Gasteiger partial charge in [0.1, 0.15) is 25.0 Å². The molecule has 1 unspecified atom stereocenters. The van der Waals surface area contributed by atoms with Crippen LogP contribution in [0.1, 0.15) is 33.6 Å². The highest BCUT2D eigenvalue weighted by atomic mass is 35.6. The van der Waals surface area contributed by atoms with Crippen LogP contribution in [0, 0.1) is 0 Å². The van der Waals surface area contributed by atoms with E-state index in [1.807, 2.05) is 0 Å². The van der Waals surface area contributed by atoms with Gasteiger partial charge in [-0.25, -0.2) is 19.8 Å². The van der Waals surface area contributed by atoms with Gasteiger partial charge in [0, 0.05) is 6.54 Å². The normalized spacial score (nSPS) is 17.4. The molecule has 1 saturated heterocycles. The van der Waals surface area contributed by atoms with Crippen molar-refractivity contribution in [3.63, 3.8) is 0 Å². The maximum Gasteiger partial charge on any atom is 0.430 e. The number of alkyl halides is 6. The van der Waals surface area contributed by atoms with E-state index >= 15 is 0 Å². The Morgan fingerprint density at radius 3 is 2.03 bits per heavy atom. The third-order valence-corrected chi connectivity index (χ3v) is 3.94. The summed E-state index contributed by atoms with van der Waals surface area (Å²) in [7, 11) is 0. The third-order valence-electron chi connectivity index (χ3n) is 3.28. The molecule has 15 heteroatoms. The fourth-order valence-corrected chi connectivity index (χ4v) is 2.61. The van der Waals surface area contributed by atoms with Gasteiger partial charge in [-0.3, -0.25) is 4.90 Å². The minimum Gasteiger partial charge on any atom is -0.444 e. The molecule has 0 radical (unpaired) electrons. The molecule has 1 aliphatic heterocycles. The fraction of sp³-hybridized carbons (Fsp3) is 0.800. The van der Waals surface area contributed by atoms with Gasteiger partial charge in [0.2, 0.25) is 7.59 Å². The van der Waals surface area contributed by atoms with Crippen molar-refractivity contribution in [1.29, 1.82) is 0 Å². The lowest BCUT2D eigenvalue weighted by atomic mass is 10.2. The average Bonchev–Trinajstić information content (AvgIpc) is 3.02. The Kier molecular flexibility index (Phi) is 10.0. The van der Waals surface area contributed by atoms with Crippen molar-refractivity contribution in [2.75, 3.05) is 19.8 Å². The lowest BCUT2D eigenvalue weighted by Gasteiger charge is -2.35. The van der Waals surface area contributed by atoms with E-state index < -0.39 is 50.8 Å². The zero-order chi connectivity index (χ0) is 23.3. The number of hydrogen-bond acceptors (Lipinski definition) is 6. The second-order valence-electron chi connectivity index (χ2n) is 7.14. The quantitative estimate of drug-likeness (QED) is 0.295. The maximum absolute atomic E-state index is 12.6. The number of ether oxygens (including phenoxy) is 3. The predicted octanol–water partition coefficient (Wildman–Crippen LogP) is 5.16. The van der Waals surface area contributed by atoms with Crippen LogP contribution in [-0.4, -0.2) is 67.3 Å². The first-order valence-corrected chi connectivity index (χ1v) is 10.8. The number of carbonyl (C=O) groups excluding carboxylic acids is 3. The molecule has 0 saturated carbocycles. The molecule has 1 heterocycles. The van der Waals surface area contributed by atoms with Crippen LogP contribution >= 0.6 is 69.6 Å². The zero-order valence-corrected chi connectivity index (χ0v) is 20.8. The summed E-state index contributed by atoms with van der Waals surface area (Å²) in [5.74, 6) is 0. The number of likely N-dealkylation sites (tertiary alicyclic amines) is 1. The molecule has 3 amide bonds. The van der Waals surface area contributed by atoms with Gasteiger partial charge in [0.05, 0.1) is 0 Å². The standard InChI is InChI=1S/C15H21Cl6N3O6/c1-13(2,3)30-11(26)23-6-4-5-9(23)24(12(27)29-8-15(19,20)21)22-10(25)28-7-14(16,17)18/h9H,4-8H2,1-3H3,(H,22,25). The molecule has 1 aliphatic rings. The van der Waals surface area contributed by atoms with Gasteiger partial charge in [-0.05, 0) is 33.6 Å². The number of nitrogens with one attached hydrogen (secondary N) is 1. The molecule has 0 bridgehead atoms. The van der Waals surface area contributed by atoms with Crippen molar-refractivity contribution in [1.82, 2.24) is 15.3 Å². The topological polar surface area (TPSA) is 97.4 Å². The molecule has 1 rings (SSSR count). The van der Waals surface area contributed by atoms with Crippen LogP contribution in [-0.2, 0) is 14.2 Å². The molecule has 30 heavy (non-hydrogen) atoms. The van der Waals surface area contributed by atoms with Crippen LogP contribution in [0.4, 0.5) is 14.4 Å². The molecule has 1 atom stereocenters. The maximum atomic E-state index is 12.6. The molecule has 0 aromatic heterocycles. The Hall–Kier alpha value is -0.450. The SMILES string of the molecule is CC(C)(C)OC(=O)N1CCCC1N(NC(=O)OCC(Cl)(Cl)Cl)C(=O)OCC(Cl)(Cl)Cl. The predicted molar refractivity (Wildman–Crippen MR) is 114 cm³/mol. The minimum absolute atomic E-state index is 0.263. The molecule has 9 nitrogen and oxygen atoms in total. The highest BCUT2D eigenvalue weighted by Gasteiger charge is 2.40. The molecular weight excluding hydrogens is 531 g/mol. The van der Waals surface area contributed by atoms with Crippen LogP contribution in [0.3, 0.4) is 0 Å². The highest BCUT2D eigenvalue weighted by molar-refractivity contribution is 6.68. The van der Waals surface area contributed by atoms with E-state index in [0.29, 0.717) is 12.8 Å². The van der Waals surface area contributed by atoms with E-state index in [-0.39, 0.29) is 6.54 Å². The lowest BCUT2D eigenvalue weighted by molar-refractivity contribution is -0.0124. The Bertz CT molecular complexity index is 634. The van der Waals surface area contributed by atoms with Crippen molar-refractivity contribution < 1.29 is 28.6 Å². The highest BCUT2D eigenvalue weighted by Crippen LogP contribution is 2.28. The Labute approximate surface area is 204 Å². The van der Waals surface area contributed by atoms with E-state index in [9.17, 15) is 14.4 Å². The summed E-state index contributed by atoms with van der Waals surface area (Å²) in [4.78, 5) is 38.4. The second kappa shape index (κ2) is 10.9. The van der Waals surface area contributed by atoms with Crippen LogP contribution in [0.5, 0.6) is 0 Å². The van der Waals surface area contributed by atoms with E-state index in [1.54, 1.807) is 20.8 Å². The monoisotopic (exact) mass is 549 g/mol. The molecular formula is C15H21Cl6N3O6. The van der Waals surface area contributed by atoms with Gasteiger partial charge >= 0.3 is 18.3 Å². The zero-order valence-electron chi connectivity index (χ0n) is 16.2. The molecule has 0 aromatic rings. The van der Waals surface area contributed by atoms with Gasteiger partial charge in [-0.15, -0.1) is 0 Å². The summed E-state index contributed by atoms with van der Waals surface area (Å²) in [6.07, 6.45) is -3.07. The van der Waals surface area contributed by atoms with E-state index in [0.717, 1.165) is 5.01 Å². The summed E-state index contributed by atoms with van der Waals surface area (Å²) in [6.45, 7) is 4.12. The fourth-order valence-electron chi connectivity index (χ4n) is 2.28. The van der Waals surface area contributed by atoms with Crippen LogP contribution in [0.2, 0.25) is 0 Å². The number of nitrogens with zero attached hydrogens (tertiary/aromatic N) is 2. The van der Waals surface area contributed by atoms with Gasteiger partial charge in [-0.1, -0.05) is 69.6 Å². The van der Waals surface area contributed by atoms with E-state index in [2.05, 4.69) is 5.43 Å². The average molecular weight is 552 g/mol. The summed E-state index contributed by atoms with van der Waals surface area (Å²) in [5, 5.41) is 0.730. The van der Waals surface area contributed by atoms with Gasteiger partial charge < -0.3 is 14.2 Å². The van der Waals surface area contributed by atoms with Gasteiger partial charge in [0.25, 0.3) is 0 Å². The lowest BCUT2D eigenvalue weighted by Crippen LogP contribution is -2.58. The van der Waals surface area contributed by atoms with Crippen molar-refractivity contribution >= 4 is 87.9 Å². The second-order valence-corrected chi connectivity index (χ2v) is 12.2. The number of carbonyl (C=O) groups is 3. The molecule has 0 spiro atoms. The first kappa shape index (κ1) is 27.6.